The Balaban J connectivity index is 1.15. The summed E-state index contributed by atoms with van der Waals surface area (Å²) in [4.78, 5) is 50.2. The van der Waals surface area contributed by atoms with Gasteiger partial charge in [0.15, 0.2) is 5.82 Å². The molecule has 4 fully saturated rings. The number of aromatic nitrogens is 2. The van der Waals surface area contributed by atoms with Crippen LogP contribution in [0.3, 0.4) is 0 Å². The van der Waals surface area contributed by atoms with Gasteiger partial charge < -0.3 is 23.8 Å². The number of carbonyl (C=O) groups excluding carboxylic acids is 3. The first-order chi connectivity index (χ1) is 29.3. The lowest BCUT2D eigenvalue weighted by molar-refractivity contribution is -0.136. The number of fused-ring (bicyclic) bond motifs is 5. The third-order valence-corrected chi connectivity index (χ3v) is 12.3. The average Bonchev–Trinajstić information content (AvgIpc) is 3.94. The van der Waals surface area contributed by atoms with E-state index in [9.17, 15) is 24.0 Å². The average molecular weight is 825 g/mol. The number of nitriles is 1. The smallest absolute Gasteiger partial charge is 0.410 e. The van der Waals surface area contributed by atoms with Gasteiger partial charge in [-0.1, -0.05) is 54.6 Å². The van der Waals surface area contributed by atoms with Gasteiger partial charge in [0.05, 0.1) is 30.2 Å². The number of carbonyl (C=O) groups is 3. The Bertz CT molecular complexity index is 2790. The van der Waals surface area contributed by atoms with Crippen LogP contribution >= 0.6 is 0 Å². The topological polar surface area (TPSA) is 121 Å². The van der Waals surface area contributed by atoms with Crippen LogP contribution in [0.1, 0.15) is 62.2 Å². The molecule has 61 heavy (non-hydrogen) atoms. The number of ether oxygens (including phenoxy) is 2. The summed E-state index contributed by atoms with van der Waals surface area (Å²) in [6.07, 6.45) is 0.166. The minimum Gasteiger partial charge on any atom is -0.445 e. The van der Waals surface area contributed by atoms with Gasteiger partial charge in [0.1, 0.15) is 30.1 Å². The Morgan fingerprint density at radius 3 is 2.51 bits per heavy atom. The highest BCUT2D eigenvalue weighted by molar-refractivity contribution is 6.09. The predicted octanol–water partition coefficient (Wildman–Crippen LogP) is 9.21. The summed E-state index contributed by atoms with van der Waals surface area (Å²) in [5.74, 6) is -1.19. The van der Waals surface area contributed by atoms with Gasteiger partial charge in [-0.05, 0) is 92.3 Å². The Labute approximate surface area is 352 Å². The van der Waals surface area contributed by atoms with Crippen molar-refractivity contribution in [2.24, 2.45) is 5.92 Å². The van der Waals surface area contributed by atoms with Crippen LogP contribution in [-0.2, 0) is 33.8 Å². The van der Waals surface area contributed by atoms with Gasteiger partial charge in [0.25, 0.3) is 0 Å². The molecule has 3 aliphatic heterocycles. The fraction of sp³-hybridized carbons (Fsp3) is 0.354. The highest BCUT2D eigenvalue weighted by Crippen LogP contribution is 2.53. The molecule has 2 aromatic heterocycles. The third kappa shape index (κ3) is 7.28. The van der Waals surface area contributed by atoms with Crippen LogP contribution in [0.15, 0.2) is 78.9 Å². The molecule has 0 spiro atoms. The molecule has 0 N–H and O–H groups in total. The summed E-state index contributed by atoms with van der Waals surface area (Å²) in [5.41, 5.74) is 3.75. The van der Waals surface area contributed by atoms with Crippen molar-refractivity contribution in [2.75, 3.05) is 26.2 Å². The monoisotopic (exact) mass is 824 g/mol. The molecule has 5 heterocycles. The fourth-order valence-corrected chi connectivity index (χ4v) is 9.48. The second-order valence-electron chi connectivity index (χ2n) is 17.4. The Kier molecular flexibility index (Phi) is 10.1. The van der Waals surface area contributed by atoms with E-state index in [0.717, 1.165) is 34.0 Å². The van der Waals surface area contributed by atoms with E-state index in [1.807, 2.05) is 82.3 Å². The van der Waals surface area contributed by atoms with Crippen LogP contribution in [0.25, 0.3) is 43.7 Å². The van der Waals surface area contributed by atoms with Crippen LogP contribution in [0, 0.1) is 35.8 Å². The quantitative estimate of drug-likeness (QED) is 0.150. The minimum atomic E-state index is -0.689. The van der Waals surface area contributed by atoms with E-state index in [0.29, 0.717) is 34.1 Å². The number of nitrogens with zero attached hydrogens (tertiary/aromatic N) is 6. The summed E-state index contributed by atoms with van der Waals surface area (Å²) < 4.78 is 45.8. The molecule has 11 nitrogen and oxygen atoms in total. The van der Waals surface area contributed by atoms with Gasteiger partial charge in [0, 0.05) is 59.7 Å². The number of hydrogen-bond donors (Lipinski definition) is 0. The van der Waals surface area contributed by atoms with Gasteiger partial charge in [0.2, 0.25) is 5.91 Å². The lowest BCUT2D eigenvalue weighted by Gasteiger charge is -2.40. The van der Waals surface area contributed by atoms with Gasteiger partial charge in [-0.2, -0.15) is 5.26 Å². The summed E-state index contributed by atoms with van der Waals surface area (Å²) in [7, 11) is 0. The Hall–Kier alpha value is -6.55. The zero-order valence-electron chi connectivity index (χ0n) is 34.6. The SMILES string of the molecule is Cc1nc2c(F)c(-c3cccc4ccc(F)cc34)c(CCC#N)cc2c2c1cc(CN1CCN(C(=O)OCc3ccccc3)CC1=O)n2[C@H]1[C@@H]2C[C@H]1N(C(=O)OC(C)(C)C)C2. The molecule has 2 bridgehead atoms. The van der Waals surface area contributed by atoms with E-state index in [2.05, 4.69) is 10.6 Å². The first-order valence-corrected chi connectivity index (χ1v) is 20.7. The zero-order chi connectivity index (χ0) is 42.7. The highest BCUT2D eigenvalue weighted by atomic mass is 19.1. The largest absolute Gasteiger partial charge is 0.445 e. The summed E-state index contributed by atoms with van der Waals surface area (Å²) in [5, 5.41) is 12.3. The molecule has 1 saturated carbocycles. The van der Waals surface area contributed by atoms with Crippen molar-refractivity contribution in [3.63, 3.8) is 0 Å². The molecule has 1 aliphatic carbocycles. The molecular weight excluding hydrogens is 779 g/mol. The highest BCUT2D eigenvalue weighted by Gasteiger charge is 2.56. The van der Waals surface area contributed by atoms with E-state index < -0.39 is 29.4 Å². The van der Waals surface area contributed by atoms with Crippen LogP contribution in [0.4, 0.5) is 18.4 Å². The number of benzene rings is 4. The van der Waals surface area contributed by atoms with E-state index in [1.54, 1.807) is 21.9 Å². The number of piperazine rings is 1. The molecule has 4 aliphatic rings. The standard InChI is InChI=1S/C48H46F2N6O5/c1-28-36-23-34(25-53-18-19-54(26-40(53)57)46(58)60-27-29-10-6-5-7-11-29)56(44-32-21-39(44)55(24-32)47(59)61-48(2,3)4)45(36)38-20-31(13-9-17-51)41(42(50)43(38)52-28)35-14-8-12-30-15-16-33(49)22-37(30)35/h5-8,10-12,14-16,20,22-23,32,39,44H,9,13,18-19,21,24-27H2,1-4H3/t32-,39-,44+/m1/s1. The maximum atomic E-state index is 17.6. The van der Waals surface area contributed by atoms with Crippen molar-refractivity contribution in [2.45, 2.75) is 77.8 Å². The zero-order valence-corrected chi connectivity index (χ0v) is 34.6. The molecule has 312 valence electrons. The molecule has 13 heteroatoms. The van der Waals surface area contributed by atoms with Gasteiger partial charge in [-0.15, -0.1) is 0 Å². The second kappa shape index (κ2) is 15.5. The maximum Gasteiger partial charge on any atom is 0.410 e. The van der Waals surface area contributed by atoms with Crippen LogP contribution in [-0.4, -0.2) is 80.2 Å². The summed E-state index contributed by atoms with van der Waals surface area (Å²) in [6, 6.07) is 24.9. The molecule has 0 radical (unpaired) electrons. The number of amides is 3. The molecule has 3 atom stereocenters. The lowest BCUT2D eigenvalue weighted by Crippen LogP contribution is -2.52. The van der Waals surface area contributed by atoms with E-state index in [1.165, 1.54) is 17.0 Å². The molecule has 3 amide bonds. The molecule has 10 rings (SSSR count). The number of pyridine rings is 1. The number of halogens is 2. The molecular formula is C48H46F2N6O5. The van der Waals surface area contributed by atoms with Crippen molar-refractivity contribution in [1.29, 1.82) is 5.26 Å². The lowest BCUT2D eigenvalue weighted by atomic mass is 9.79. The Morgan fingerprint density at radius 1 is 0.951 bits per heavy atom. The maximum absolute atomic E-state index is 17.6. The van der Waals surface area contributed by atoms with Crippen LogP contribution in [0.5, 0.6) is 0 Å². The fourth-order valence-electron chi connectivity index (χ4n) is 9.48. The number of hydrogen-bond acceptors (Lipinski definition) is 7. The number of aryl methyl sites for hydroxylation is 2. The van der Waals surface area contributed by atoms with Crippen LogP contribution < -0.4 is 0 Å². The van der Waals surface area contributed by atoms with Crippen molar-refractivity contribution in [3.8, 4) is 17.2 Å². The Morgan fingerprint density at radius 2 is 1.75 bits per heavy atom. The van der Waals surface area contributed by atoms with Crippen molar-refractivity contribution >= 4 is 50.7 Å². The normalized spacial score (nSPS) is 18.8. The summed E-state index contributed by atoms with van der Waals surface area (Å²) >= 11 is 0. The van der Waals surface area contributed by atoms with Crippen LogP contribution in [0.2, 0.25) is 0 Å². The predicted molar refractivity (Wildman–Crippen MR) is 226 cm³/mol. The molecule has 4 aromatic carbocycles. The molecule has 3 saturated heterocycles. The minimum absolute atomic E-state index is 0.0649. The van der Waals surface area contributed by atoms with E-state index in [4.69, 9.17) is 14.5 Å². The van der Waals surface area contributed by atoms with E-state index in [-0.39, 0.29) is 80.6 Å². The van der Waals surface area contributed by atoms with Crippen molar-refractivity contribution < 1.29 is 32.6 Å². The first kappa shape index (κ1) is 39.9. The van der Waals surface area contributed by atoms with Crippen molar-refractivity contribution in [3.05, 3.63) is 113 Å². The van der Waals surface area contributed by atoms with Gasteiger partial charge in [-0.25, -0.2) is 23.4 Å². The first-order valence-electron chi connectivity index (χ1n) is 20.7. The number of rotatable bonds is 8. The van der Waals surface area contributed by atoms with Gasteiger partial charge >= 0.3 is 12.2 Å². The molecule has 0 unspecified atom stereocenters. The third-order valence-electron chi connectivity index (χ3n) is 12.3. The van der Waals surface area contributed by atoms with Gasteiger partial charge in [-0.3, -0.25) is 9.69 Å². The van der Waals surface area contributed by atoms with E-state index >= 15 is 4.39 Å². The van der Waals surface area contributed by atoms with Crippen molar-refractivity contribution in [1.82, 2.24) is 24.3 Å². The molecule has 6 aromatic rings. The second-order valence-corrected chi connectivity index (χ2v) is 17.4. The summed E-state index contributed by atoms with van der Waals surface area (Å²) in [6.45, 7) is 8.52.